The van der Waals surface area contributed by atoms with Crippen LogP contribution in [0.25, 0.3) is 0 Å². The van der Waals surface area contributed by atoms with E-state index in [4.69, 9.17) is 9.47 Å². The Morgan fingerprint density at radius 3 is 2.81 bits per heavy atom. The van der Waals surface area contributed by atoms with E-state index in [1.807, 2.05) is 18.2 Å². The number of amides is 1. The second kappa shape index (κ2) is 8.61. The average molecular weight is 354 g/mol. The lowest BCUT2D eigenvalue weighted by Gasteiger charge is -2.23. The van der Waals surface area contributed by atoms with Crippen LogP contribution in [0.1, 0.15) is 24.5 Å². The lowest BCUT2D eigenvalue weighted by molar-refractivity contribution is -0.121. The molecule has 26 heavy (non-hydrogen) atoms. The second-order valence-corrected chi connectivity index (χ2v) is 6.46. The largest absolute Gasteiger partial charge is 0.454 e. The number of nitrogens with one attached hydrogen (secondary N) is 1. The third-order valence-electron chi connectivity index (χ3n) is 4.53. The molecule has 0 spiro atoms. The van der Waals surface area contributed by atoms with Gasteiger partial charge in [0.05, 0.1) is 0 Å². The van der Waals surface area contributed by atoms with Gasteiger partial charge < -0.3 is 19.7 Å². The minimum atomic E-state index is 0.0722. The highest BCUT2D eigenvalue weighted by molar-refractivity contribution is 5.76. The first-order chi connectivity index (χ1) is 12.7. The predicted octanol–water partition coefficient (Wildman–Crippen LogP) is 3.30. The van der Waals surface area contributed by atoms with Gasteiger partial charge in [0.15, 0.2) is 11.5 Å². The van der Waals surface area contributed by atoms with Gasteiger partial charge in [-0.1, -0.05) is 18.2 Å². The lowest BCUT2D eigenvalue weighted by Crippen LogP contribution is -2.35. The molecule has 0 saturated carbocycles. The molecule has 1 aliphatic rings. The zero-order chi connectivity index (χ0) is 18.4. The molecule has 138 valence electrons. The number of anilines is 1. The van der Waals surface area contributed by atoms with Crippen LogP contribution in [-0.4, -0.2) is 32.3 Å². The van der Waals surface area contributed by atoms with Crippen molar-refractivity contribution < 1.29 is 14.3 Å². The standard InChI is InChI=1S/C21H26N2O3/c1-3-23(18-6-4-5-16(2)13-18)12-11-22-21(24)10-8-17-7-9-19-20(14-17)26-15-25-19/h4-7,9,13-14H,3,8,10-12,15H2,1-2H3,(H,22,24). The fourth-order valence-corrected chi connectivity index (χ4v) is 3.07. The molecule has 1 amide bonds. The molecule has 2 aromatic rings. The summed E-state index contributed by atoms with van der Waals surface area (Å²) < 4.78 is 10.7. The molecule has 0 aliphatic carbocycles. The van der Waals surface area contributed by atoms with Crippen molar-refractivity contribution in [1.29, 1.82) is 0 Å². The zero-order valence-corrected chi connectivity index (χ0v) is 15.5. The summed E-state index contributed by atoms with van der Waals surface area (Å²) in [7, 11) is 0. The van der Waals surface area contributed by atoms with E-state index < -0.39 is 0 Å². The highest BCUT2D eigenvalue weighted by Gasteiger charge is 2.13. The van der Waals surface area contributed by atoms with Gasteiger partial charge in [-0.2, -0.15) is 0 Å². The predicted molar refractivity (Wildman–Crippen MR) is 103 cm³/mol. The lowest BCUT2D eigenvalue weighted by atomic mass is 10.1. The second-order valence-electron chi connectivity index (χ2n) is 6.46. The first-order valence-corrected chi connectivity index (χ1v) is 9.12. The Balaban J connectivity index is 1.42. The van der Waals surface area contributed by atoms with Gasteiger partial charge in [0, 0.05) is 31.7 Å². The summed E-state index contributed by atoms with van der Waals surface area (Å²) in [6, 6.07) is 14.3. The Kier molecular flexibility index (Phi) is 6.00. The number of aryl methyl sites for hydroxylation is 2. The van der Waals surface area contributed by atoms with Crippen molar-refractivity contribution in [2.75, 3.05) is 31.3 Å². The summed E-state index contributed by atoms with van der Waals surface area (Å²) in [5.41, 5.74) is 3.52. The minimum Gasteiger partial charge on any atom is -0.454 e. The normalized spacial score (nSPS) is 12.1. The Morgan fingerprint density at radius 2 is 2.00 bits per heavy atom. The number of hydrogen-bond acceptors (Lipinski definition) is 4. The molecule has 0 bridgehead atoms. The minimum absolute atomic E-state index is 0.0722. The number of likely N-dealkylation sites (N-methyl/N-ethyl adjacent to an activating group) is 1. The Bertz CT molecular complexity index is 761. The van der Waals surface area contributed by atoms with E-state index in [-0.39, 0.29) is 12.7 Å². The molecule has 0 unspecified atom stereocenters. The molecule has 3 rings (SSSR count). The molecule has 5 nitrogen and oxygen atoms in total. The van der Waals surface area contributed by atoms with Crippen molar-refractivity contribution in [2.24, 2.45) is 0 Å². The molecule has 2 aromatic carbocycles. The summed E-state index contributed by atoms with van der Waals surface area (Å²) in [6.45, 7) is 6.85. The van der Waals surface area contributed by atoms with Crippen LogP contribution in [-0.2, 0) is 11.2 Å². The fraction of sp³-hybridized carbons (Fsp3) is 0.381. The number of nitrogens with zero attached hydrogens (tertiary/aromatic N) is 1. The van der Waals surface area contributed by atoms with Gasteiger partial charge in [-0.15, -0.1) is 0 Å². The van der Waals surface area contributed by atoms with E-state index in [1.165, 1.54) is 11.3 Å². The molecule has 1 N–H and O–H groups in total. The topological polar surface area (TPSA) is 50.8 Å². The number of ether oxygens (including phenoxy) is 2. The molecule has 0 aromatic heterocycles. The summed E-state index contributed by atoms with van der Waals surface area (Å²) in [6.07, 6.45) is 1.16. The van der Waals surface area contributed by atoms with Crippen LogP contribution >= 0.6 is 0 Å². The van der Waals surface area contributed by atoms with E-state index in [0.29, 0.717) is 19.4 Å². The van der Waals surface area contributed by atoms with Crippen molar-refractivity contribution in [1.82, 2.24) is 5.32 Å². The summed E-state index contributed by atoms with van der Waals surface area (Å²) in [5.74, 6) is 1.61. The Labute approximate surface area is 154 Å². The first kappa shape index (κ1) is 18.1. The molecule has 0 atom stereocenters. The van der Waals surface area contributed by atoms with Crippen LogP contribution in [0, 0.1) is 6.92 Å². The van der Waals surface area contributed by atoms with Gasteiger partial charge in [0.25, 0.3) is 0 Å². The quantitative estimate of drug-likeness (QED) is 0.790. The van der Waals surface area contributed by atoms with Gasteiger partial charge in [-0.3, -0.25) is 4.79 Å². The summed E-state index contributed by atoms with van der Waals surface area (Å²) >= 11 is 0. The number of carbonyl (C=O) groups is 1. The summed E-state index contributed by atoms with van der Waals surface area (Å²) in [4.78, 5) is 14.4. The van der Waals surface area contributed by atoms with E-state index in [9.17, 15) is 4.79 Å². The van der Waals surface area contributed by atoms with Crippen molar-refractivity contribution in [3.05, 3.63) is 53.6 Å². The highest BCUT2D eigenvalue weighted by Crippen LogP contribution is 2.32. The molecule has 5 heteroatoms. The Hall–Kier alpha value is -2.69. The monoisotopic (exact) mass is 354 g/mol. The van der Waals surface area contributed by atoms with E-state index in [1.54, 1.807) is 0 Å². The van der Waals surface area contributed by atoms with Gasteiger partial charge >= 0.3 is 0 Å². The van der Waals surface area contributed by atoms with Crippen LogP contribution in [0.3, 0.4) is 0 Å². The van der Waals surface area contributed by atoms with Gasteiger partial charge in [-0.05, 0) is 55.7 Å². The van der Waals surface area contributed by atoms with Gasteiger partial charge in [0.1, 0.15) is 0 Å². The number of fused-ring (bicyclic) bond motifs is 1. The Morgan fingerprint density at radius 1 is 1.15 bits per heavy atom. The average Bonchev–Trinajstić information content (AvgIpc) is 3.11. The van der Waals surface area contributed by atoms with Crippen molar-refractivity contribution >= 4 is 11.6 Å². The highest BCUT2D eigenvalue weighted by atomic mass is 16.7. The molecule has 0 radical (unpaired) electrons. The van der Waals surface area contributed by atoms with Crippen LogP contribution < -0.4 is 19.7 Å². The van der Waals surface area contributed by atoms with Crippen LogP contribution in [0.2, 0.25) is 0 Å². The smallest absolute Gasteiger partial charge is 0.231 e. The van der Waals surface area contributed by atoms with E-state index in [2.05, 4.69) is 48.3 Å². The first-order valence-electron chi connectivity index (χ1n) is 9.12. The van der Waals surface area contributed by atoms with Gasteiger partial charge in [-0.25, -0.2) is 0 Å². The number of hydrogen-bond donors (Lipinski definition) is 1. The molecular formula is C21H26N2O3. The van der Waals surface area contributed by atoms with E-state index in [0.717, 1.165) is 30.2 Å². The van der Waals surface area contributed by atoms with Crippen molar-refractivity contribution in [3.63, 3.8) is 0 Å². The SMILES string of the molecule is CCN(CCNC(=O)CCc1ccc2c(c1)OCO2)c1cccc(C)c1. The number of carbonyl (C=O) groups excluding carboxylic acids is 1. The maximum Gasteiger partial charge on any atom is 0.231 e. The molecule has 0 saturated heterocycles. The maximum absolute atomic E-state index is 12.1. The molecule has 0 fully saturated rings. The van der Waals surface area contributed by atoms with Crippen LogP contribution in [0.15, 0.2) is 42.5 Å². The van der Waals surface area contributed by atoms with Crippen molar-refractivity contribution in [3.8, 4) is 11.5 Å². The number of benzene rings is 2. The fourth-order valence-electron chi connectivity index (χ4n) is 3.07. The zero-order valence-electron chi connectivity index (χ0n) is 15.5. The van der Waals surface area contributed by atoms with Crippen molar-refractivity contribution in [2.45, 2.75) is 26.7 Å². The van der Waals surface area contributed by atoms with Crippen LogP contribution in [0.5, 0.6) is 11.5 Å². The molecule has 1 aliphatic heterocycles. The summed E-state index contributed by atoms with van der Waals surface area (Å²) in [5, 5.41) is 3.02. The van der Waals surface area contributed by atoms with Gasteiger partial charge in [0.2, 0.25) is 12.7 Å². The molecular weight excluding hydrogens is 328 g/mol. The maximum atomic E-state index is 12.1. The molecule has 1 heterocycles. The number of rotatable bonds is 8. The van der Waals surface area contributed by atoms with E-state index >= 15 is 0 Å². The third-order valence-corrected chi connectivity index (χ3v) is 4.53. The van der Waals surface area contributed by atoms with Crippen LogP contribution in [0.4, 0.5) is 5.69 Å². The third kappa shape index (κ3) is 4.69.